The zero-order chi connectivity index (χ0) is 38.0. The number of primary sulfonamides is 1. The van der Waals surface area contributed by atoms with E-state index in [4.69, 9.17) is 5.14 Å². The lowest BCUT2D eigenvalue weighted by atomic mass is 9.98. The monoisotopic (exact) mass is 782 g/mol. The highest BCUT2D eigenvalue weighted by Gasteiger charge is 2.52. The SMILES string of the molecule is CCCCCCCCCCCCCCC(C(=O)NCCS(N)(=O)=O)(c1nc2ccc(-c3ccc(C(=O)N4CCC(F)(F)C4)cc3)cc2s1)S(C)(=O)=O. The Hall–Kier alpha value is -3.01. The molecule has 288 valence electrons. The fraction of sp³-hybridized carbons (Fsp3) is 0.595. The van der Waals surface area contributed by atoms with E-state index in [1.807, 2.05) is 6.07 Å². The summed E-state index contributed by atoms with van der Waals surface area (Å²) in [7, 11) is -8.03. The second-order valence-electron chi connectivity index (χ2n) is 14.0. The van der Waals surface area contributed by atoms with Gasteiger partial charge in [-0.3, -0.25) is 9.59 Å². The number of unbranched alkanes of at least 4 members (excludes halogenated alkanes) is 11. The third kappa shape index (κ3) is 11.3. The summed E-state index contributed by atoms with van der Waals surface area (Å²) in [6.07, 6.45) is 13.6. The maximum absolute atomic E-state index is 13.9. The zero-order valence-corrected chi connectivity index (χ0v) is 32.6. The van der Waals surface area contributed by atoms with Crippen molar-refractivity contribution in [3.05, 3.63) is 53.0 Å². The molecule has 1 atom stereocenters. The number of amides is 2. The van der Waals surface area contributed by atoms with Gasteiger partial charge in [0, 0.05) is 31.3 Å². The van der Waals surface area contributed by atoms with E-state index in [2.05, 4.69) is 17.2 Å². The molecule has 0 radical (unpaired) electrons. The van der Waals surface area contributed by atoms with Gasteiger partial charge in [0.1, 0.15) is 5.01 Å². The largest absolute Gasteiger partial charge is 0.353 e. The summed E-state index contributed by atoms with van der Waals surface area (Å²) in [6, 6.07) is 12.0. The van der Waals surface area contributed by atoms with Crippen LogP contribution < -0.4 is 10.5 Å². The van der Waals surface area contributed by atoms with Crippen molar-refractivity contribution in [2.24, 2.45) is 5.14 Å². The van der Waals surface area contributed by atoms with Crippen molar-refractivity contribution in [1.29, 1.82) is 0 Å². The van der Waals surface area contributed by atoms with Crippen LogP contribution in [0.1, 0.15) is 112 Å². The van der Waals surface area contributed by atoms with Crippen molar-refractivity contribution in [1.82, 2.24) is 15.2 Å². The highest BCUT2D eigenvalue weighted by molar-refractivity contribution is 7.92. The fourth-order valence-corrected chi connectivity index (χ4v) is 10.0. The van der Waals surface area contributed by atoms with Gasteiger partial charge in [-0.15, -0.1) is 11.3 Å². The van der Waals surface area contributed by atoms with E-state index < -0.39 is 54.6 Å². The predicted octanol–water partition coefficient (Wildman–Crippen LogP) is 7.18. The van der Waals surface area contributed by atoms with Gasteiger partial charge in [0.05, 0.1) is 22.5 Å². The van der Waals surface area contributed by atoms with Gasteiger partial charge in [-0.2, -0.15) is 0 Å². The molecular formula is C37H52F2N4O6S3. The van der Waals surface area contributed by atoms with Gasteiger partial charge in [0.2, 0.25) is 20.7 Å². The molecule has 1 unspecified atom stereocenters. The molecule has 15 heteroatoms. The fourth-order valence-electron chi connectivity index (χ4n) is 6.67. The molecule has 10 nitrogen and oxygen atoms in total. The Balaban J connectivity index is 1.51. The van der Waals surface area contributed by atoms with Crippen molar-refractivity contribution in [3.8, 4) is 11.1 Å². The summed E-state index contributed by atoms with van der Waals surface area (Å²) in [5.41, 5.74) is 2.28. The number of rotatable bonds is 21. The molecule has 1 fully saturated rings. The molecule has 1 aliphatic heterocycles. The molecule has 2 amide bonds. The van der Waals surface area contributed by atoms with Gasteiger partial charge < -0.3 is 10.2 Å². The van der Waals surface area contributed by atoms with Crippen molar-refractivity contribution in [2.75, 3.05) is 31.6 Å². The summed E-state index contributed by atoms with van der Waals surface area (Å²) in [5, 5.41) is 7.75. The molecule has 0 saturated carbocycles. The smallest absolute Gasteiger partial charge is 0.267 e. The first-order valence-corrected chi connectivity index (χ1v) is 22.7. The molecule has 1 aliphatic rings. The van der Waals surface area contributed by atoms with Crippen molar-refractivity contribution < 1.29 is 35.2 Å². The Kier molecular flexibility index (Phi) is 14.7. The van der Waals surface area contributed by atoms with Crippen LogP contribution in [0.25, 0.3) is 21.3 Å². The van der Waals surface area contributed by atoms with E-state index in [1.54, 1.807) is 36.4 Å². The summed E-state index contributed by atoms with van der Waals surface area (Å²) in [6.45, 7) is 1.26. The van der Waals surface area contributed by atoms with Crippen molar-refractivity contribution in [3.63, 3.8) is 0 Å². The first-order chi connectivity index (χ1) is 24.6. The number of hydrogen-bond acceptors (Lipinski definition) is 8. The van der Waals surface area contributed by atoms with E-state index in [1.165, 1.54) is 44.9 Å². The number of benzene rings is 2. The summed E-state index contributed by atoms with van der Waals surface area (Å²) in [5.74, 6) is -4.72. The number of nitrogens with two attached hydrogens (primary N) is 1. The quantitative estimate of drug-likeness (QED) is 0.108. The van der Waals surface area contributed by atoms with Gasteiger partial charge >= 0.3 is 0 Å². The Morgan fingerprint density at radius 2 is 1.48 bits per heavy atom. The number of likely N-dealkylation sites (tertiary alicyclic amines) is 1. The number of thiazole rings is 1. The summed E-state index contributed by atoms with van der Waals surface area (Å²) >= 11 is 1.09. The number of halogens is 2. The topological polar surface area (TPSA) is 157 Å². The molecule has 3 N–H and O–H groups in total. The van der Waals surface area contributed by atoms with E-state index in [0.29, 0.717) is 22.2 Å². The molecule has 3 aromatic rings. The number of alkyl halides is 2. The molecular weight excluding hydrogens is 731 g/mol. The van der Waals surface area contributed by atoms with Crippen LogP contribution in [0.2, 0.25) is 0 Å². The van der Waals surface area contributed by atoms with E-state index in [0.717, 1.165) is 59.3 Å². The van der Waals surface area contributed by atoms with Crippen LogP contribution in [0.5, 0.6) is 0 Å². The molecule has 1 saturated heterocycles. The van der Waals surface area contributed by atoms with Crippen LogP contribution in [0.4, 0.5) is 8.78 Å². The minimum absolute atomic E-state index is 0.00359. The molecule has 2 aromatic carbocycles. The van der Waals surface area contributed by atoms with Crippen molar-refractivity contribution >= 4 is 53.2 Å². The number of sulfone groups is 1. The van der Waals surface area contributed by atoms with Crippen LogP contribution in [0, 0.1) is 0 Å². The third-order valence-electron chi connectivity index (χ3n) is 9.71. The molecule has 2 heterocycles. The third-order valence-corrected chi connectivity index (χ3v) is 13.6. The maximum atomic E-state index is 13.9. The first-order valence-electron chi connectivity index (χ1n) is 18.2. The Labute approximate surface area is 310 Å². The van der Waals surface area contributed by atoms with E-state index >= 15 is 0 Å². The molecule has 0 spiro atoms. The summed E-state index contributed by atoms with van der Waals surface area (Å²) in [4.78, 5) is 32.5. The second-order valence-corrected chi connectivity index (χ2v) is 19.0. The highest BCUT2D eigenvalue weighted by atomic mass is 32.2. The van der Waals surface area contributed by atoms with Crippen LogP contribution in [-0.2, 0) is 29.4 Å². The minimum Gasteiger partial charge on any atom is -0.353 e. The van der Waals surface area contributed by atoms with Gasteiger partial charge in [-0.25, -0.2) is 35.7 Å². The van der Waals surface area contributed by atoms with Gasteiger partial charge in [-0.1, -0.05) is 102 Å². The molecule has 0 bridgehead atoms. The highest BCUT2D eigenvalue weighted by Crippen LogP contribution is 2.41. The van der Waals surface area contributed by atoms with E-state index in [9.17, 15) is 35.2 Å². The van der Waals surface area contributed by atoms with Crippen LogP contribution >= 0.6 is 11.3 Å². The standard InChI is InChI=1S/C37H52F2N4O6S3/c1-3-4-5-6-7-8-9-10-11-12-13-14-21-37(51(2,46)47,34(45)41-23-25-52(40,48)49)35-42-31-20-19-30(26-32(31)50-35)28-15-17-29(18-16-28)33(44)43-24-22-36(38,39)27-43/h15-20,26H,3-14,21-25,27H2,1-2H3,(H,41,45)(H2,40,48,49). The Morgan fingerprint density at radius 3 is 2.02 bits per heavy atom. The van der Waals surface area contributed by atoms with Crippen LogP contribution in [-0.4, -0.2) is 76.1 Å². The van der Waals surface area contributed by atoms with E-state index in [-0.39, 0.29) is 30.9 Å². The van der Waals surface area contributed by atoms with Crippen LogP contribution in [0.3, 0.4) is 0 Å². The average Bonchev–Trinajstić information content (AvgIpc) is 3.67. The lowest BCUT2D eigenvalue weighted by Gasteiger charge is -2.29. The number of nitrogens with zero attached hydrogens (tertiary/aromatic N) is 2. The second kappa shape index (κ2) is 18.4. The van der Waals surface area contributed by atoms with Crippen molar-refractivity contribution in [2.45, 2.75) is 107 Å². The number of fused-ring (bicyclic) bond motifs is 1. The van der Waals surface area contributed by atoms with Crippen LogP contribution in [0.15, 0.2) is 42.5 Å². The molecule has 0 aliphatic carbocycles. The van der Waals surface area contributed by atoms with Gasteiger partial charge in [0.25, 0.3) is 11.8 Å². The number of sulfonamides is 1. The normalized spacial score (nSPS) is 15.9. The van der Waals surface area contributed by atoms with Gasteiger partial charge in [0.15, 0.2) is 9.84 Å². The number of aromatic nitrogens is 1. The summed E-state index contributed by atoms with van der Waals surface area (Å²) < 4.78 is 76.4. The number of nitrogens with one attached hydrogen (secondary N) is 1. The lowest BCUT2D eigenvalue weighted by molar-refractivity contribution is -0.124. The lowest BCUT2D eigenvalue weighted by Crippen LogP contribution is -2.50. The Bertz CT molecular complexity index is 1880. The minimum atomic E-state index is -4.12. The first kappa shape index (κ1) is 41.7. The number of carbonyl (C=O) groups excluding carboxylic acids is 2. The number of hydrogen-bond donors (Lipinski definition) is 2. The Morgan fingerprint density at radius 1 is 0.904 bits per heavy atom. The molecule has 4 rings (SSSR count). The number of carbonyl (C=O) groups is 2. The maximum Gasteiger partial charge on any atom is 0.267 e. The predicted molar refractivity (Wildman–Crippen MR) is 204 cm³/mol. The molecule has 1 aromatic heterocycles. The average molecular weight is 783 g/mol. The zero-order valence-electron chi connectivity index (χ0n) is 30.2. The molecule has 52 heavy (non-hydrogen) atoms. The van der Waals surface area contributed by atoms with Gasteiger partial charge in [-0.05, 0) is 41.8 Å².